The number of furan rings is 1. The molecule has 0 bridgehead atoms. The molecule has 3 aromatic heterocycles. The van der Waals surface area contributed by atoms with E-state index in [2.05, 4.69) is 10.3 Å². The Kier molecular flexibility index (Phi) is 3.99. The molecule has 0 atom stereocenters. The van der Waals surface area contributed by atoms with Gasteiger partial charge in [-0.2, -0.15) is 0 Å². The van der Waals surface area contributed by atoms with Gasteiger partial charge in [-0.15, -0.1) is 11.3 Å². The number of nitrogens with one attached hydrogen (secondary N) is 1. The van der Waals surface area contributed by atoms with Crippen molar-refractivity contribution >= 4 is 55.1 Å². The highest BCUT2D eigenvalue weighted by atomic mass is 32.1. The fraction of sp³-hybridized carbons (Fsp3) is 0.136. The van der Waals surface area contributed by atoms with Crippen molar-refractivity contribution in [1.82, 2.24) is 9.55 Å². The second-order valence-corrected chi connectivity index (χ2v) is 8.20. The highest BCUT2D eigenvalue weighted by molar-refractivity contribution is 7.18. The molecule has 1 N–H and O–H groups in total. The van der Waals surface area contributed by atoms with Crippen molar-refractivity contribution in [2.75, 3.05) is 5.32 Å². The van der Waals surface area contributed by atoms with Crippen LogP contribution in [0.25, 0.3) is 32.2 Å². The number of rotatable bonds is 3. The zero-order valence-corrected chi connectivity index (χ0v) is 16.7. The number of thiophene rings is 1. The van der Waals surface area contributed by atoms with E-state index in [9.17, 15) is 9.59 Å². The molecule has 1 amide bonds. The van der Waals surface area contributed by atoms with Crippen LogP contribution in [0.3, 0.4) is 0 Å². The molecule has 0 spiro atoms. The summed E-state index contributed by atoms with van der Waals surface area (Å²) in [6.07, 6.45) is 1.44. The van der Waals surface area contributed by atoms with E-state index in [1.807, 2.05) is 50.2 Å². The minimum Gasteiger partial charge on any atom is -0.456 e. The van der Waals surface area contributed by atoms with Crippen LogP contribution in [0.15, 0.2) is 58.0 Å². The molecule has 0 fully saturated rings. The van der Waals surface area contributed by atoms with Crippen molar-refractivity contribution in [2.24, 2.45) is 0 Å². The molecular formula is C22H17N3O3S. The van der Waals surface area contributed by atoms with Crippen LogP contribution < -0.4 is 10.9 Å². The van der Waals surface area contributed by atoms with E-state index >= 15 is 0 Å². The number of para-hydroxylation sites is 1. The molecule has 0 aliphatic rings. The average Bonchev–Trinajstić information content (AvgIpc) is 3.21. The molecule has 5 rings (SSSR count). The van der Waals surface area contributed by atoms with Gasteiger partial charge in [0.2, 0.25) is 5.91 Å². The van der Waals surface area contributed by atoms with E-state index in [1.165, 1.54) is 22.2 Å². The van der Waals surface area contributed by atoms with Gasteiger partial charge in [0, 0.05) is 21.3 Å². The second-order valence-electron chi connectivity index (χ2n) is 7.00. The summed E-state index contributed by atoms with van der Waals surface area (Å²) in [5.41, 5.74) is 2.95. The number of anilines is 1. The van der Waals surface area contributed by atoms with Crippen LogP contribution in [0, 0.1) is 13.8 Å². The average molecular weight is 403 g/mol. The van der Waals surface area contributed by atoms with Crippen LogP contribution in [0.5, 0.6) is 0 Å². The zero-order valence-electron chi connectivity index (χ0n) is 15.9. The molecular weight excluding hydrogens is 386 g/mol. The molecule has 0 saturated heterocycles. The largest absolute Gasteiger partial charge is 0.456 e. The lowest BCUT2D eigenvalue weighted by Crippen LogP contribution is -2.27. The molecule has 144 valence electrons. The number of aryl methyl sites for hydroxylation is 2. The van der Waals surface area contributed by atoms with Crippen molar-refractivity contribution in [3.05, 3.63) is 69.6 Å². The Hall–Kier alpha value is -3.45. The van der Waals surface area contributed by atoms with Gasteiger partial charge < -0.3 is 9.73 Å². The summed E-state index contributed by atoms with van der Waals surface area (Å²) in [6.45, 7) is 3.78. The number of hydrogen-bond acceptors (Lipinski definition) is 5. The van der Waals surface area contributed by atoms with Gasteiger partial charge in [0.1, 0.15) is 22.5 Å². The molecule has 3 heterocycles. The summed E-state index contributed by atoms with van der Waals surface area (Å²) < 4.78 is 7.16. The number of hydrogen-bond donors (Lipinski definition) is 1. The van der Waals surface area contributed by atoms with Crippen molar-refractivity contribution in [3.8, 4) is 0 Å². The Morgan fingerprint density at radius 2 is 1.93 bits per heavy atom. The third kappa shape index (κ3) is 2.91. The van der Waals surface area contributed by atoms with Gasteiger partial charge >= 0.3 is 0 Å². The number of fused-ring (bicyclic) bond motifs is 4. The van der Waals surface area contributed by atoms with Gasteiger partial charge in [-0.3, -0.25) is 14.2 Å². The first-order chi connectivity index (χ1) is 14.0. The fourth-order valence-electron chi connectivity index (χ4n) is 3.54. The minimum absolute atomic E-state index is 0.0969. The molecule has 0 aliphatic carbocycles. The lowest BCUT2D eigenvalue weighted by Gasteiger charge is -2.07. The lowest BCUT2D eigenvalue weighted by atomic mass is 10.1. The van der Waals surface area contributed by atoms with E-state index < -0.39 is 0 Å². The number of amides is 1. The molecule has 0 unspecified atom stereocenters. The zero-order chi connectivity index (χ0) is 20.1. The number of benzene rings is 2. The van der Waals surface area contributed by atoms with Crippen LogP contribution >= 0.6 is 11.3 Å². The standard InChI is InChI=1S/C22H17N3O3S/c1-12-13(2)29-21-20(12)22(27)25(11-23-21)10-19(26)24-14-7-8-18-16(9-14)15-5-3-4-6-17(15)28-18/h3-9,11H,10H2,1-2H3,(H,24,26). The molecule has 0 radical (unpaired) electrons. The van der Waals surface area contributed by atoms with Gasteiger partial charge in [-0.25, -0.2) is 4.98 Å². The van der Waals surface area contributed by atoms with E-state index in [1.54, 1.807) is 6.07 Å². The number of nitrogens with zero attached hydrogens (tertiary/aromatic N) is 2. The fourth-order valence-corrected chi connectivity index (χ4v) is 4.53. The topological polar surface area (TPSA) is 77.1 Å². The molecule has 29 heavy (non-hydrogen) atoms. The third-order valence-electron chi connectivity index (χ3n) is 5.13. The highest BCUT2D eigenvalue weighted by Crippen LogP contribution is 2.30. The van der Waals surface area contributed by atoms with Crippen LogP contribution in [-0.2, 0) is 11.3 Å². The van der Waals surface area contributed by atoms with E-state index in [0.717, 1.165) is 32.4 Å². The highest BCUT2D eigenvalue weighted by Gasteiger charge is 2.14. The number of carbonyl (C=O) groups excluding carboxylic acids is 1. The predicted octanol–water partition coefficient (Wildman–Crippen LogP) is 4.61. The summed E-state index contributed by atoms with van der Waals surface area (Å²) in [7, 11) is 0. The summed E-state index contributed by atoms with van der Waals surface area (Å²) in [5.74, 6) is -0.287. The Morgan fingerprint density at radius 1 is 1.14 bits per heavy atom. The first kappa shape index (κ1) is 17.6. The summed E-state index contributed by atoms with van der Waals surface area (Å²) >= 11 is 1.49. The van der Waals surface area contributed by atoms with E-state index in [-0.39, 0.29) is 18.0 Å². The normalized spacial score (nSPS) is 11.5. The maximum Gasteiger partial charge on any atom is 0.262 e. The van der Waals surface area contributed by atoms with Crippen LogP contribution in [0.2, 0.25) is 0 Å². The summed E-state index contributed by atoms with van der Waals surface area (Å²) in [4.78, 5) is 31.5. The molecule has 6 nitrogen and oxygen atoms in total. The quantitative estimate of drug-likeness (QED) is 0.477. The molecule has 0 aliphatic heterocycles. The maximum absolute atomic E-state index is 12.8. The van der Waals surface area contributed by atoms with Gasteiger partial charge in [0.25, 0.3) is 5.56 Å². The van der Waals surface area contributed by atoms with Crippen LogP contribution in [0.4, 0.5) is 5.69 Å². The SMILES string of the molecule is Cc1sc2ncn(CC(=O)Nc3ccc4oc5ccccc5c4c3)c(=O)c2c1C. The van der Waals surface area contributed by atoms with Gasteiger partial charge in [-0.05, 0) is 43.7 Å². The van der Waals surface area contributed by atoms with Gasteiger partial charge in [0.15, 0.2) is 0 Å². The van der Waals surface area contributed by atoms with Crippen molar-refractivity contribution in [2.45, 2.75) is 20.4 Å². The first-order valence-electron chi connectivity index (χ1n) is 9.17. The summed E-state index contributed by atoms with van der Waals surface area (Å²) in [5, 5.41) is 5.39. The molecule has 2 aromatic carbocycles. The van der Waals surface area contributed by atoms with Crippen molar-refractivity contribution < 1.29 is 9.21 Å². The van der Waals surface area contributed by atoms with Gasteiger partial charge in [-0.1, -0.05) is 18.2 Å². The lowest BCUT2D eigenvalue weighted by molar-refractivity contribution is -0.116. The van der Waals surface area contributed by atoms with Gasteiger partial charge in [0.05, 0.1) is 11.7 Å². The molecule has 5 aromatic rings. The smallest absolute Gasteiger partial charge is 0.262 e. The maximum atomic E-state index is 12.8. The van der Waals surface area contributed by atoms with Crippen molar-refractivity contribution in [3.63, 3.8) is 0 Å². The van der Waals surface area contributed by atoms with E-state index in [4.69, 9.17) is 4.42 Å². The van der Waals surface area contributed by atoms with Crippen LogP contribution in [-0.4, -0.2) is 15.5 Å². The third-order valence-corrected chi connectivity index (χ3v) is 6.25. The van der Waals surface area contributed by atoms with E-state index in [0.29, 0.717) is 15.9 Å². The Balaban J connectivity index is 1.44. The first-order valence-corrected chi connectivity index (χ1v) is 9.99. The molecule has 0 saturated carbocycles. The van der Waals surface area contributed by atoms with Crippen LogP contribution in [0.1, 0.15) is 10.4 Å². The summed E-state index contributed by atoms with van der Waals surface area (Å²) in [6, 6.07) is 13.3. The monoisotopic (exact) mass is 403 g/mol. The number of aromatic nitrogens is 2. The molecule has 7 heteroatoms. The minimum atomic E-state index is -0.287. The van der Waals surface area contributed by atoms with Crippen molar-refractivity contribution in [1.29, 1.82) is 0 Å². The Labute approximate surface area is 169 Å². The Bertz CT molecular complexity index is 1480. The predicted molar refractivity (Wildman–Crippen MR) is 116 cm³/mol. The second kappa shape index (κ2) is 6.56. The number of carbonyl (C=O) groups is 1. The Morgan fingerprint density at radius 3 is 2.79 bits per heavy atom.